The number of aliphatic hydroxyl groups excluding tert-OH is 2. The van der Waals surface area contributed by atoms with E-state index >= 15 is 0 Å². The van der Waals surface area contributed by atoms with Gasteiger partial charge in [-0.25, -0.2) is 4.98 Å². The summed E-state index contributed by atoms with van der Waals surface area (Å²) >= 11 is 5.61. The van der Waals surface area contributed by atoms with E-state index in [9.17, 15) is 15.0 Å². The molecule has 0 bridgehead atoms. The van der Waals surface area contributed by atoms with Crippen molar-refractivity contribution in [3.05, 3.63) is 29.0 Å². The van der Waals surface area contributed by atoms with Crippen molar-refractivity contribution in [2.45, 2.75) is 5.41 Å². The lowest BCUT2D eigenvalue weighted by Crippen LogP contribution is -2.44. The maximum Gasteiger partial charge on any atom is 0.321 e. The largest absolute Gasteiger partial charge is 0.468 e. The molecule has 6 heteroatoms. The standard InChI is InChI=1S/C10H12ClNO4/c1-16-9(15)10(5-13,6-14)7-2-3-8(11)12-4-7/h2-4,13-14H,5-6H2,1H3. The van der Waals surface area contributed by atoms with Gasteiger partial charge in [-0.3, -0.25) is 4.79 Å². The fourth-order valence-corrected chi connectivity index (χ4v) is 1.45. The Morgan fingerprint density at radius 1 is 1.50 bits per heavy atom. The van der Waals surface area contributed by atoms with Crippen LogP contribution in [0.2, 0.25) is 5.15 Å². The SMILES string of the molecule is COC(=O)C(CO)(CO)c1ccc(Cl)nc1. The first kappa shape index (κ1) is 12.9. The van der Waals surface area contributed by atoms with Crippen molar-refractivity contribution in [3.63, 3.8) is 0 Å². The van der Waals surface area contributed by atoms with Crippen molar-refractivity contribution < 1.29 is 19.7 Å². The summed E-state index contributed by atoms with van der Waals surface area (Å²) in [5.74, 6) is -0.721. The fourth-order valence-electron chi connectivity index (χ4n) is 1.33. The highest BCUT2D eigenvalue weighted by Gasteiger charge is 2.41. The molecule has 1 aromatic rings. The minimum absolute atomic E-state index is 0.262. The third-order valence-corrected chi connectivity index (χ3v) is 2.62. The predicted octanol–water partition coefficient (Wildman–Crippen LogP) is 0.130. The Balaban J connectivity index is 3.20. The topological polar surface area (TPSA) is 79.7 Å². The second-order valence-corrected chi connectivity index (χ2v) is 3.65. The fraction of sp³-hybridized carbons (Fsp3) is 0.400. The van der Waals surface area contributed by atoms with Crippen LogP contribution >= 0.6 is 11.6 Å². The van der Waals surface area contributed by atoms with E-state index in [1.807, 2.05) is 0 Å². The number of hydrogen-bond donors (Lipinski definition) is 2. The van der Waals surface area contributed by atoms with Gasteiger partial charge in [0.2, 0.25) is 0 Å². The maximum atomic E-state index is 11.6. The van der Waals surface area contributed by atoms with E-state index in [0.29, 0.717) is 5.56 Å². The molecule has 1 aromatic heterocycles. The summed E-state index contributed by atoms with van der Waals surface area (Å²) < 4.78 is 4.56. The molecule has 0 fully saturated rings. The van der Waals surface area contributed by atoms with Gasteiger partial charge < -0.3 is 14.9 Å². The van der Waals surface area contributed by atoms with Gasteiger partial charge in [-0.05, 0) is 11.6 Å². The van der Waals surface area contributed by atoms with Gasteiger partial charge in [0.25, 0.3) is 0 Å². The first-order valence-electron chi connectivity index (χ1n) is 4.53. The van der Waals surface area contributed by atoms with E-state index in [4.69, 9.17) is 11.6 Å². The highest BCUT2D eigenvalue weighted by Crippen LogP contribution is 2.25. The molecule has 0 spiro atoms. The highest BCUT2D eigenvalue weighted by atomic mass is 35.5. The molecule has 0 aliphatic heterocycles. The molecule has 1 rings (SSSR count). The number of nitrogens with zero attached hydrogens (tertiary/aromatic N) is 1. The number of carbonyl (C=O) groups is 1. The van der Waals surface area contributed by atoms with Crippen molar-refractivity contribution in [3.8, 4) is 0 Å². The van der Waals surface area contributed by atoms with Gasteiger partial charge in [0.15, 0.2) is 0 Å². The van der Waals surface area contributed by atoms with Gasteiger partial charge in [0, 0.05) is 6.20 Å². The first-order valence-corrected chi connectivity index (χ1v) is 4.90. The number of aliphatic hydroxyl groups is 2. The van der Waals surface area contributed by atoms with Crippen LogP contribution in [-0.4, -0.2) is 41.5 Å². The normalized spacial score (nSPS) is 11.2. The molecule has 0 unspecified atom stereocenters. The van der Waals surface area contributed by atoms with Gasteiger partial charge in [-0.1, -0.05) is 17.7 Å². The van der Waals surface area contributed by atoms with Crippen molar-refractivity contribution >= 4 is 17.6 Å². The summed E-state index contributed by atoms with van der Waals surface area (Å²) in [6.45, 7) is -1.14. The summed E-state index contributed by atoms with van der Waals surface area (Å²) in [5.41, 5.74) is -1.14. The maximum absolute atomic E-state index is 11.6. The second-order valence-electron chi connectivity index (χ2n) is 3.26. The Morgan fingerprint density at radius 3 is 2.50 bits per heavy atom. The lowest BCUT2D eigenvalue weighted by Gasteiger charge is -2.26. The minimum atomic E-state index is -1.49. The number of esters is 1. The van der Waals surface area contributed by atoms with Gasteiger partial charge >= 0.3 is 5.97 Å². The number of ether oxygens (including phenoxy) is 1. The van der Waals surface area contributed by atoms with Gasteiger partial charge in [-0.2, -0.15) is 0 Å². The second kappa shape index (κ2) is 5.25. The van der Waals surface area contributed by atoms with Crippen LogP contribution in [0.5, 0.6) is 0 Å². The van der Waals surface area contributed by atoms with Crippen molar-refractivity contribution in [1.82, 2.24) is 4.98 Å². The third kappa shape index (κ3) is 2.16. The number of pyridine rings is 1. The van der Waals surface area contributed by atoms with E-state index in [0.717, 1.165) is 0 Å². The van der Waals surface area contributed by atoms with Crippen LogP contribution in [0.1, 0.15) is 5.56 Å². The van der Waals surface area contributed by atoms with Gasteiger partial charge in [0.05, 0.1) is 20.3 Å². The van der Waals surface area contributed by atoms with Crippen LogP contribution in [0.3, 0.4) is 0 Å². The number of hydrogen-bond acceptors (Lipinski definition) is 5. The zero-order chi connectivity index (χ0) is 12.2. The van der Waals surface area contributed by atoms with Crippen molar-refractivity contribution in [1.29, 1.82) is 0 Å². The summed E-state index contributed by atoms with van der Waals surface area (Å²) in [6, 6.07) is 2.98. The highest BCUT2D eigenvalue weighted by molar-refractivity contribution is 6.29. The number of halogens is 1. The molecule has 0 aliphatic carbocycles. The van der Waals surface area contributed by atoms with Crippen LogP contribution in [0.4, 0.5) is 0 Å². The molecule has 0 radical (unpaired) electrons. The average molecular weight is 246 g/mol. The molecule has 16 heavy (non-hydrogen) atoms. The third-order valence-electron chi connectivity index (χ3n) is 2.40. The molecule has 0 atom stereocenters. The Kier molecular flexibility index (Phi) is 4.23. The molecule has 88 valence electrons. The van der Waals surface area contributed by atoms with Gasteiger partial charge in [-0.15, -0.1) is 0 Å². The number of methoxy groups -OCH3 is 1. The van der Waals surface area contributed by atoms with E-state index in [1.165, 1.54) is 25.4 Å². The van der Waals surface area contributed by atoms with Crippen LogP contribution in [0.25, 0.3) is 0 Å². The monoisotopic (exact) mass is 245 g/mol. The van der Waals surface area contributed by atoms with E-state index < -0.39 is 24.6 Å². The Morgan fingerprint density at radius 2 is 2.12 bits per heavy atom. The molecule has 2 N–H and O–H groups in total. The first-order chi connectivity index (χ1) is 7.60. The molecule has 0 aromatic carbocycles. The quantitative estimate of drug-likeness (QED) is 0.582. The molecule has 0 aliphatic rings. The smallest absolute Gasteiger partial charge is 0.321 e. The van der Waals surface area contributed by atoms with Crippen LogP contribution in [0, 0.1) is 0 Å². The van der Waals surface area contributed by atoms with Gasteiger partial charge in [0.1, 0.15) is 10.6 Å². The van der Waals surface area contributed by atoms with Crippen LogP contribution in [-0.2, 0) is 14.9 Å². The Hall–Kier alpha value is -1.17. The molecule has 1 heterocycles. The lowest BCUT2D eigenvalue weighted by atomic mass is 9.83. The zero-order valence-electron chi connectivity index (χ0n) is 8.68. The number of aromatic nitrogens is 1. The molecular weight excluding hydrogens is 234 g/mol. The van der Waals surface area contributed by atoms with E-state index in [1.54, 1.807) is 0 Å². The average Bonchev–Trinajstić information content (AvgIpc) is 2.33. The molecule has 0 amide bonds. The molecule has 0 saturated heterocycles. The molecular formula is C10H12ClNO4. The predicted molar refractivity (Wildman–Crippen MR) is 57.1 cm³/mol. The van der Waals surface area contributed by atoms with E-state index in [-0.39, 0.29) is 5.15 Å². The summed E-state index contributed by atoms with van der Waals surface area (Å²) in [4.78, 5) is 15.4. The summed E-state index contributed by atoms with van der Waals surface area (Å²) in [5, 5.41) is 18.8. The summed E-state index contributed by atoms with van der Waals surface area (Å²) in [6.07, 6.45) is 1.33. The van der Waals surface area contributed by atoms with Crippen molar-refractivity contribution in [2.24, 2.45) is 0 Å². The lowest BCUT2D eigenvalue weighted by molar-refractivity contribution is -0.151. The van der Waals surface area contributed by atoms with Crippen LogP contribution in [0.15, 0.2) is 18.3 Å². The van der Waals surface area contributed by atoms with Crippen molar-refractivity contribution in [2.75, 3.05) is 20.3 Å². The zero-order valence-corrected chi connectivity index (χ0v) is 9.44. The molecule has 0 saturated carbocycles. The molecule has 5 nitrogen and oxygen atoms in total. The number of carbonyl (C=O) groups excluding carboxylic acids is 1. The Bertz CT molecular complexity index is 362. The number of rotatable bonds is 4. The Labute approximate surface area is 97.6 Å². The summed E-state index contributed by atoms with van der Waals surface area (Å²) in [7, 11) is 1.19. The minimum Gasteiger partial charge on any atom is -0.468 e. The van der Waals surface area contributed by atoms with Crippen LogP contribution < -0.4 is 0 Å². The van der Waals surface area contributed by atoms with E-state index in [2.05, 4.69) is 9.72 Å².